The van der Waals surface area contributed by atoms with Gasteiger partial charge in [-0.15, -0.1) is 0 Å². The van der Waals surface area contributed by atoms with Crippen molar-refractivity contribution in [1.29, 1.82) is 0 Å². The van der Waals surface area contributed by atoms with Gasteiger partial charge in [-0.3, -0.25) is 19.2 Å². The van der Waals surface area contributed by atoms with E-state index in [-0.39, 0.29) is 36.6 Å². The quantitative estimate of drug-likeness (QED) is 0.235. The van der Waals surface area contributed by atoms with Crippen LogP contribution in [0, 0.1) is 5.41 Å². The second-order valence-corrected chi connectivity index (χ2v) is 12.5. The Morgan fingerprint density at radius 1 is 0.690 bits per heavy atom. The molecular formula is C34H50N4O4. The zero-order chi connectivity index (χ0) is 31.3. The number of amides is 4. The molecule has 0 aliphatic carbocycles. The number of carbonyl (C=O) groups excluding carboxylic acids is 4. The Hall–Kier alpha value is -3.68. The normalized spacial score (nSPS) is 14.3. The van der Waals surface area contributed by atoms with E-state index in [1.807, 2.05) is 109 Å². The van der Waals surface area contributed by atoms with Gasteiger partial charge in [-0.05, 0) is 50.7 Å². The minimum absolute atomic E-state index is 0.0333. The summed E-state index contributed by atoms with van der Waals surface area (Å²) in [7, 11) is 0. The van der Waals surface area contributed by atoms with Crippen LogP contribution in [0.3, 0.4) is 0 Å². The third-order valence-corrected chi connectivity index (χ3v) is 7.39. The van der Waals surface area contributed by atoms with Crippen LogP contribution in [0.2, 0.25) is 0 Å². The minimum Gasteiger partial charge on any atom is -0.352 e. The van der Waals surface area contributed by atoms with Crippen LogP contribution in [0.1, 0.15) is 85.3 Å². The Bertz CT molecular complexity index is 1170. The number of hydrogen-bond acceptors (Lipinski definition) is 4. The molecule has 4 N–H and O–H groups in total. The van der Waals surface area contributed by atoms with E-state index in [4.69, 9.17) is 0 Å². The van der Waals surface area contributed by atoms with Crippen molar-refractivity contribution in [3.05, 3.63) is 71.8 Å². The van der Waals surface area contributed by atoms with Crippen molar-refractivity contribution >= 4 is 23.6 Å². The number of benzene rings is 2. The lowest BCUT2D eigenvalue weighted by molar-refractivity contribution is -0.132. The van der Waals surface area contributed by atoms with Crippen molar-refractivity contribution in [1.82, 2.24) is 21.3 Å². The summed E-state index contributed by atoms with van der Waals surface area (Å²) >= 11 is 0. The molecule has 0 radical (unpaired) electrons. The van der Waals surface area contributed by atoms with Gasteiger partial charge in [0.25, 0.3) is 0 Å². The Morgan fingerprint density at radius 3 is 1.62 bits per heavy atom. The maximum Gasteiger partial charge on any atom is 0.243 e. The highest BCUT2D eigenvalue weighted by atomic mass is 16.2. The summed E-state index contributed by atoms with van der Waals surface area (Å²) < 4.78 is 0. The predicted molar refractivity (Wildman–Crippen MR) is 168 cm³/mol. The molecule has 0 bridgehead atoms. The molecule has 0 aliphatic rings. The van der Waals surface area contributed by atoms with Gasteiger partial charge in [0.1, 0.15) is 12.1 Å². The van der Waals surface area contributed by atoms with E-state index in [9.17, 15) is 19.2 Å². The number of carbonyl (C=O) groups is 4. The minimum atomic E-state index is -0.876. The molecular weight excluding hydrogens is 528 g/mol. The second-order valence-electron chi connectivity index (χ2n) is 12.5. The van der Waals surface area contributed by atoms with Crippen molar-refractivity contribution < 1.29 is 19.2 Å². The third kappa shape index (κ3) is 12.0. The number of nitrogens with one attached hydrogen (secondary N) is 4. The Morgan fingerprint density at radius 2 is 1.17 bits per heavy atom. The maximum atomic E-state index is 13.7. The molecule has 42 heavy (non-hydrogen) atoms. The highest BCUT2D eigenvalue weighted by Gasteiger charge is 2.35. The summed E-state index contributed by atoms with van der Waals surface area (Å²) in [6, 6.07) is 17.3. The lowest BCUT2D eigenvalue weighted by atomic mass is 9.74. The first-order valence-electron chi connectivity index (χ1n) is 15.0. The average molecular weight is 579 g/mol. The molecule has 2 aromatic carbocycles. The standard InChI is InChI=1S/C34H50N4O4/c1-8-29(39)38-33(5,6)23-34(7,9-2)22-30(40)36-27(20-25-16-12-10-13-17-25)32(42)37-28(31(41)35-24(3)4)21-26-18-14-11-15-19-26/h10-19,24,27-28H,8-9,20-23H2,1-7H3,(H,35,41)(H,36,40)(H,37,42)(H,38,39)/t27-,28-,34?/m0/s1. The molecule has 0 heterocycles. The summed E-state index contributed by atoms with van der Waals surface area (Å²) in [5, 5.41) is 11.9. The SMILES string of the molecule is CCC(=O)NC(C)(C)CC(C)(CC)CC(=O)N[C@@H](Cc1ccccc1)C(=O)N[C@@H](Cc1ccccc1)C(=O)NC(C)C. The van der Waals surface area contributed by atoms with E-state index < -0.39 is 28.9 Å². The monoisotopic (exact) mass is 578 g/mol. The molecule has 0 saturated heterocycles. The van der Waals surface area contributed by atoms with Crippen molar-refractivity contribution in [2.24, 2.45) is 5.41 Å². The lowest BCUT2D eigenvalue weighted by Gasteiger charge is -2.37. The first-order valence-corrected chi connectivity index (χ1v) is 15.0. The molecule has 0 aliphatic heterocycles. The van der Waals surface area contributed by atoms with Gasteiger partial charge in [-0.25, -0.2) is 0 Å². The smallest absolute Gasteiger partial charge is 0.243 e. The van der Waals surface area contributed by atoms with E-state index in [1.54, 1.807) is 0 Å². The molecule has 1 unspecified atom stereocenters. The molecule has 2 aromatic rings. The van der Waals surface area contributed by atoms with Gasteiger partial charge in [0.05, 0.1) is 0 Å². The molecule has 0 spiro atoms. The van der Waals surface area contributed by atoms with E-state index in [1.165, 1.54) is 0 Å². The van der Waals surface area contributed by atoms with E-state index in [0.29, 0.717) is 19.3 Å². The fourth-order valence-corrected chi connectivity index (χ4v) is 5.30. The highest BCUT2D eigenvalue weighted by Crippen LogP contribution is 2.35. The van der Waals surface area contributed by atoms with E-state index in [0.717, 1.165) is 17.5 Å². The zero-order valence-electron chi connectivity index (χ0n) is 26.4. The highest BCUT2D eigenvalue weighted by molar-refractivity contribution is 5.92. The van der Waals surface area contributed by atoms with Gasteiger partial charge < -0.3 is 21.3 Å². The largest absolute Gasteiger partial charge is 0.352 e. The molecule has 0 aromatic heterocycles. The molecule has 3 atom stereocenters. The van der Waals surface area contributed by atoms with Crippen molar-refractivity contribution in [3.63, 3.8) is 0 Å². The van der Waals surface area contributed by atoms with Gasteiger partial charge in [-0.1, -0.05) is 87.9 Å². The Labute approximate surface area is 251 Å². The maximum absolute atomic E-state index is 13.7. The fraction of sp³-hybridized carbons (Fsp3) is 0.529. The van der Waals surface area contributed by atoms with Crippen LogP contribution < -0.4 is 21.3 Å². The fourth-order valence-electron chi connectivity index (χ4n) is 5.30. The van der Waals surface area contributed by atoms with Crippen LogP contribution >= 0.6 is 0 Å². The Balaban J connectivity index is 2.25. The molecule has 0 saturated carbocycles. The van der Waals surface area contributed by atoms with Gasteiger partial charge in [-0.2, -0.15) is 0 Å². The van der Waals surface area contributed by atoms with Crippen LogP contribution in [0.25, 0.3) is 0 Å². The first-order chi connectivity index (χ1) is 19.8. The van der Waals surface area contributed by atoms with Crippen LogP contribution in [0.5, 0.6) is 0 Å². The molecule has 8 nitrogen and oxygen atoms in total. The van der Waals surface area contributed by atoms with Crippen LogP contribution in [-0.2, 0) is 32.0 Å². The van der Waals surface area contributed by atoms with Crippen LogP contribution in [0.4, 0.5) is 0 Å². The molecule has 0 fully saturated rings. The van der Waals surface area contributed by atoms with Crippen molar-refractivity contribution in [3.8, 4) is 0 Å². The van der Waals surface area contributed by atoms with E-state index in [2.05, 4.69) is 21.3 Å². The Kier molecular flexibility index (Phi) is 13.2. The van der Waals surface area contributed by atoms with Crippen molar-refractivity contribution in [2.75, 3.05) is 0 Å². The van der Waals surface area contributed by atoms with Gasteiger partial charge in [0, 0.05) is 37.3 Å². The summed E-state index contributed by atoms with van der Waals surface area (Å²) in [5.74, 6) is -0.976. The predicted octanol–water partition coefficient (Wildman–Crippen LogP) is 4.47. The molecule has 4 amide bonds. The van der Waals surface area contributed by atoms with E-state index >= 15 is 0 Å². The summed E-state index contributed by atoms with van der Waals surface area (Å²) in [6.07, 6.45) is 2.50. The van der Waals surface area contributed by atoms with Gasteiger partial charge >= 0.3 is 0 Å². The van der Waals surface area contributed by atoms with Crippen LogP contribution in [-0.4, -0.2) is 47.3 Å². The summed E-state index contributed by atoms with van der Waals surface area (Å²) in [5.41, 5.74) is 0.913. The number of hydrogen-bond donors (Lipinski definition) is 4. The average Bonchev–Trinajstić information content (AvgIpc) is 2.92. The van der Waals surface area contributed by atoms with Crippen LogP contribution in [0.15, 0.2) is 60.7 Å². The van der Waals surface area contributed by atoms with Gasteiger partial charge in [0.2, 0.25) is 23.6 Å². The zero-order valence-corrected chi connectivity index (χ0v) is 26.4. The topological polar surface area (TPSA) is 116 Å². The second kappa shape index (κ2) is 16.1. The van der Waals surface area contributed by atoms with Gasteiger partial charge in [0.15, 0.2) is 0 Å². The third-order valence-electron chi connectivity index (χ3n) is 7.39. The molecule has 230 valence electrons. The lowest BCUT2D eigenvalue weighted by Crippen LogP contribution is -2.56. The molecule has 8 heteroatoms. The summed E-state index contributed by atoms with van der Waals surface area (Å²) in [4.78, 5) is 52.4. The number of rotatable bonds is 16. The summed E-state index contributed by atoms with van der Waals surface area (Å²) in [6.45, 7) is 13.5. The molecule has 2 rings (SSSR count). The first kappa shape index (κ1) is 34.5. The van der Waals surface area contributed by atoms with Crippen molar-refractivity contribution in [2.45, 2.75) is 111 Å².